The highest BCUT2D eigenvalue weighted by Gasteiger charge is 2.18. The normalized spacial score (nSPS) is 12.3. The maximum atomic E-state index is 11.3. The maximum Gasteiger partial charge on any atom is 0.321 e. The van der Waals surface area contributed by atoms with E-state index in [0.29, 0.717) is 13.0 Å². The van der Waals surface area contributed by atoms with E-state index in [2.05, 4.69) is 26.3 Å². The second kappa shape index (κ2) is 6.67. The van der Waals surface area contributed by atoms with Crippen molar-refractivity contribution in [3.05, 3.63) is 52.3 Å². The second-order valence-corrected chi connectivity index (χ2v) is 5.41. The topological polar surface area (TPSA) is 67.2 Å². The van der Waals surface area contributed by atoms with Gasteiger partial charge in [-0.3, -0.25) is 14.8 Å². The molecule has 0 aliphatic carbocycles. The number of hydrogen-bond donors (Lipinski definition) is 2. The van der Waals surface area contributed by atoms with E-state index >= 15 is 0 Å². The molecule has 0 spiro atoms. The average molecular weight is 338 g/mol. The fraction of sp³-hybridized carbons (Fsp3) is 0.286. The Labute approximate surface area is 125 Å². The summed E-state index contributed by atoms with van der Waals surface area (Å²) in [5, 5.41) is 16.6. The van der Waals surface area contributed by atoms with Gasteiger partial charge in [0.2, 0.25) is 0 Å². The van der Waals surface area contributed by atoms with E-state index in [1.54, 1.807) is 4.68 Å². The van der Waals surface area contributed by atoms with Gasteiger partial charge in [-0.15, -0.1) is 0 Å². The summed E-state index contributed by atoms with van der Waals surface area (Å²) in [4.78, 5) is 11.3. The van der Waals surface area contributed by atoms with Crippen molar-refractivity contribution in [1.29, 1.82) is 0 Å². The fourth-order valence-corrected chi connectivity index (χ4v) is 2.46. The summed E-state index contributed by atoms with van der Waals surface area (Å²) in [6, 6.07) is 8.94. The molecule has 0 radical (unpaired) electrons. The summed E-state index contributed by atoms with van der Waals surface area (Å²) in [6.07, 6.45) is 2.28. The molecule has 6 heteroatoms. The molecule has 5 nitrogen and oxygen atoms in total. The van der Waals surface area contributed by atoms with Crippen molar-refractivity contribution in [3.63, 3.8) is 0 Å². The number of benzene rings is 1. The Morgan fingerprint density at radius 1 is 1.45 bits per heavy atom. The third kappa shape index (κ3) is 3.91. The molecule has 0 fully saturated rings. The van der Waals surface area contributed by atoms with Crippen LogP contribution in [0.3, 0.4) is 0 Å². The highest BCUT2D eigenvalue weighted by atomic mass is 79.9. The number of aryl methyl sites for hydroxylation is 1. The molecule has 2 N–H and O–H groups in total. The van der Waals surface area contributed by atoms with E-state index < -0.39 is 12.0 Å². The number of aromatic nitrogens is 2. The van der Waals surface area contributed by atoms with E-state index in [1.165, 1.54) is 0 Å². The van der Waals surface area contributed by atoms with Crippen LogP contribution in [0.2, 0.25) is 0 Å². The van der Waals surface area contributed by atoms with Gasteiger partial charge >= 0.3 is 5.97 Å². The lowest BCUT2D eigenvalue weighted by atomic mass is 10.1. The predicted octanol–water partition coefficient (Wildman–Crippen LogP) is 1.97. The first-order valence-corrected chi connectivity index (χ1v) is 7.03. The van der Waals surface area contributed by atoms with E-state index in [1.807, 2.05) is 43.6 Å². The first-order chi connectivity index (χ1) is 9.56. The molecule has 20 heavy (non-hydrogen) atoms. The third-order valence-corrected chi connectivity index (χ3v) is 3.61. The van der Waals surface area contributed by atoms with Crippen LogP contribution in [0.5, 0.6) is 0 Å². The van der Waals surface area contributed by atoms with Crippen LogP contribution in [0.25, 0.3) is 0 Å². The van der Waals surface area contributed by atoms with Gasteiger partial charge in [0, 0.05) is 19.8 Å². The highest BCUT2D eigenvalue weighted by Crippen LogP contribution is 2.14. The van der Waals surface area contributed by atoms with Crippen LogP contribution in [0.15, 0.2) is 41.0 Å². The molecule has 0 saturated heterocycles. The van der Waals surface area contributed by atoms with Gasteiger partial charge in [0.1, 0.15) is 6.04 Å². The second-order valence-electron chi connectivity index (χ2n) is 4.56. The van der Waals surface area contributed by atoms with Crippen LogP contribution in [-0.4, -0.2) is 26.9 Å². The zero-order valence-corrected chi connectivity index (χ0v) is 12.7. The van der Waals surface area contributed by atoms with E-state index in [0.717, 1.165) is 15.7 Å². The lowest BCUT2D eigenvalue weighted by Gasteiger charge is -2.13. The number of carbonyl (C=O) groups is 1. The molecule has 2 rings (SSSR count). The molecule has 0 amide bonds. The quantitative estimate of drug-likeness (QED) is 0.845. The van der Waals surface area contributed by atoms with Crippen molar-refractivity contribution in [2.45, 2.75) is 19.0 Å². The number of nitrogens with zero attached hydrogens (tertiary/aromatic N) is 2. The van der Waals surface area contributed by atoms with Crippen molar-refractivity contribution < 1.29 is 9.90 Å². The highest BCUT2D eigenvalue weighted by molar-refractivity contribution is 9.10. The van der Waals surface area contributed by atoms with Gasteiger partial charge in [0.05, 0.1) is 10.2 Å². The van der Waals surface area contributed by atoms with Crippen LogP contribution in [0, 0.1) is 0 Å². The van der Waals surface area contributed by atoms with Crippen molar-refractivity contribution in [2.75, 3.05) is 0 Å². The smallest absolute Gasteiger partial charge is 0.321 e. The number of carboxylic acid groups (broad SMARTS) is 1. The Balaban J connectivity index is 2.00. The first kappa shape index (κ1) is 14.7. The zero-order chi connectivity index (χ0) is 14.5. The summed E-state index contributed by atoms with van der Waals surface area (Å²) >= 11 is 3.40. The Kier molecular flexibility index (Phi) is 4.92. The van der Waals surface area contributed by atoms with Gasteiger partial charge in [0.25, 0.3) is 0 Å². The Morgan fingerprint density at radius 3 is 2.70 bits per heavy atom. The molecule has 1 aromatic heterocycles. The lowest BCUT2D eigenvalue weighted by molar-refractivity contribution is -0.139. The van der Waals surface area contributed by atoms with Gasteiger partial charge in [-0.05, 0) is 27.9 Å². The van der Waals surface area contributed by atoms with Crippen LogP contribution in [-0.2, 0) is 24.8 Å². The number of hydrogen-bond acceptors (Lipinski definition) is 3. The Bertz CT molecular complexity index is 583. The molecule has 2 aromatic rings. The molecule has 1 heterocycles. The van der Waals surface area contributed by atoms with Gasteiger partial charge in [0.15, 0.2) is 0 Å². The van der Waals surface area contributed by atoms with E-state index in [-0.39, 0.29) is 0 Å². The third-order valence-electron chi connectivity index (χ3n) is 2.95. The number of carboxylic acids is 1. The van der Waals surface area contributed by atoms with Gasteiger partial charge in [-0.1, -0.05) is 30.3 Å². The number of aliphatic carboxylic acids is 1. The van der Waals surface area contributed by atoms with Crippen molar-refractivity contribution >= 4 is 21.9 Å². The maximum absolute atomic E-state index is 11.3. The van der Waals surface area contributed by atoms with Crippen LogP contribution in [0.4, 0.5) is 0 Å². The van der Waals surface area contributed by atoms with Crippen molar-refractivity contribution in [1.82, 2.24) is 15.1 Å². The van der Waals surface area contributed by atoms with Crippen LogP contribution in [0.1, 0.15) is 11.3 Å². The molecule has 0 aliphatic heterocycles. The summed E-state index contributed by atoms with van der Waals surface area (Å²) in [5.41, 5.74) is 1.79. The fourth-order valence-electron chi connectivity index (χ4n) is 1.94. The molecule has 0 unspecified atom stereocenters. The number of nitrogens with one attached hydrogen (secondary N) is 1. The minimum atomic E-state index is -0.860. The summed E-state index contributed by atoms with van der Waals surface area (Å²) < 4.78 is 2.56. The van der Waals surface area contributed by atoms with Crippen molar-refractivity contribution in [2.24, 2.45) is 7.05 Å². The van der Waals surface area contributed by atoms with Gasteiger partial charge in [-0.25, -0.2) is 0 Å². The largest absolute Gasteiger partial charge is 0.480 e. The number of rotatable bonds is 6. The molecular weight excluding hydrogens is 322 g/mol. The predicted molar refractivity (Wildman–Crippen MR) is 79.3 cm³/mol. The van der Waals surface area contributed by atoms with Gasteiger partial charge in [-0.2, -0.15) is 5.10 Å². The first-order valence-electron chi connectivity index (χ1n) is 6.24. The molecule has 0 aliphatic rings. The minimum absolute atomic E-state index is 0.408. The SMILES string of the molecule is Cn1cc(Br)c(CN[C@@H](Cc2ccccc2)C(=O)O)n1. The Morgan fingerprint density at radius 2 is 2.15 bits per heavy atom. The van der Waals surface area contributed by atoms with E-state index in [9.17, 15) is 9.90 Å². The molecular formula is C14H16BrN3O2. The average Bonchev–Trinajstić information content (AvgIpc) is 2.73. The lowest BCUT2D eigenvalue weighted by Crippen LogP contribution is -2.38. The summed E-state index contributed by atoms with van der Waals surface area (Å²) in [7, 11) is 1.83. The molecule has 0 saturated carbocycles. The minimum Gasteiger partial charge on any atom is -0.480 e. The monoisotopic (exact) mass is 337 g/mol. The molecule has 106 valence electrons. The number of halogens is 1. The van der Waals surface area contributed by atoms with E-state index in [4.69, 9.17) is 0 Å². The summed E-state index contributed by atoms with van der Waals surface area (Å²) in [6.45, 7) is 0.408. The van der Waals surface area contributed by atoms with Crippen LogP contribution >= 0.6 is 15.9 Å². The molecule has 1 atom stereocenters. The molecule has 1 aromatic carbocycles. The standard InChI is InChI=1S/C14H16BrN3O2/c1-18-9-11(15)13(17-18)8-16-12(14(19)20)7-10-5-3-2-4-6-10/h2-6,9,12,16H,7-8H2,1H3,(H,19,20)/t12-/m0/s1. The zero-order valence-electron chi connectivity index (χ0n) is 11.1. The van der Waals surface area contributed by atoms with Crippen LogP contribution < -0.4 is 5.32 Å². The Hall–Kier alpha value is -1.66. The molecule has 0 bridgehead atoms. The van der Waals surface area contributed by atoms with Gasteiger partial charge < -0.3 is 5.11 Å². The summed E-state index contributed by atoms with van der Waals surface area (Å²) in [5.74, 6) is -0.860. The van der Waals surface area contributed by atoms with Crippen molar-refractivity contribution in [3.8, 4) is 0 Å².